The number of aliphatic hydroxyl groups excluding tert-OH is 1. The number of aliphatic hydroxyl groups is 1. The van der Waals surface area contributed by atoms with Crippen molar-refractivity contribution in [3.05, 3.63) is 34.9 Å². The van der Waals surface area contributed by atoms with Crippen LogP contribution >= 0.6 is 11.6 Å². The fourth-order valence-corrected chi connectivity index (χ4v) is 2.58. The molecule has 0 unspecified atom stereocenters. The van der Waals surface area contributed by atoms with Crippen LogP contribution in [-0.2, 0) is 5.54 Å². The number of hydrogen-bond donors (Lipinski definition) is 2. The molecule has 2 nitrogen and oxygen atoms in total. The van der Waals surface area contributed by atoms with Crippen LogP contribution in [0.3, 0.4) is 0 Å². The Bertz CT molecular complexity index is 345. The summed E-state index contributed by atoms with van der Waals surface area (Å²) in [6.45, 7) is 0. The molecule has 15 heavy (non-hydrogen) atoms. The van der Waals surface area contributed by atoms with E-state index in [2.05, 4.69) is 0 Å². The summed E-state index contributed by atoms with van der Waals surface area (Å²) in [5.41, 5.74) is 7.01. The Morgan fingerprint density at radius 3 is 2.47 bits per heavy atom. The van der Waals surface area contributed by atoms with Gasteiger partial charge in [0.1, 0.15) is 0 Å². The molecule has 0 saturated heterocycles. The SMILES string of the molecule is NC1(c2ccccc2Cl)CCC(O)CC1. The Kier molecular flexibility index (Phi) is 3.01. The molecule has 3 N–H and O–H groups in total. The average Bonchev–Trinajstić information content (AvgIpc) is 2.23. The van der Waals surface area contributed by atoms with Crippen LogP contribution < -0.4 is 5.73 Å². The van der Waals surface area contributed by atoms with Crippen LogP contribution in [0, 0.1) is 0 Å². The standard InChI is InChI=1S/C12H16ClNO/c13-11-4-2-1-3-10(11)12(14)7-5-9(15)6-8-12/h1-4,9,15H,5-8,14H2. The smallest absolute Gasteiger partial charge is 0.0541 e. The zero-order chi connectivity index (χ0) is 10.9. The van der Waals surface area contributed by atoms with E-state index in [0.717, 1.165) is 36.3 Å². The lowest BCUT2D eigenvalue weighted by Crippen LogP contribution is -2.41. The zero-order valence-corrected chi connectivity index (χ0v) is 9.37. The molecule has 1 aromatic rings. The first kappa shape index (κ1) is 10.9. The molecule has 0 atom stereocenters. The molecule has 0 aliphatic heterocycles. The van der Waals surface area contributed by atoms with Gasteiger partial charge in [0.05, 0.1) is 6.10 Å². The summed E-state index contributed by atoms with van der Waals surface area (Å²) >= 11 is 6.14. The largest absolute Gasteiger partial charge is 0.393 e. The van der Waals surface area contributed by atoms with Gasteiger partial charge in [0, 0.05) is 10.6 Å². The van der Waals surface area contributed by atoms with Gasteiger partial charge in [-0.15, -0.1) is 0 Å². The molecule has 1 aromatic carbocycles. The Hall–Kier alpha value is -0.570. The zero-order valence-electron chi connectivity index (χ0n) is 8.62. The molecule has 0 bridgehead atoms. The van der Waals surface area contributed by atoms with Gasteiger partial charge in [-0.3, -0.25) is 0 Å². The summed E-state index contributed by atoms with van der Waals surface area (Å²) in [5.74, 6) is 0. The highest BCUT2D eigenvalue weighted by Gasteiger charge is 2.33. The molecule has 1 aliphatic carbocycles. The van der Waals surface area contributed by atoms with E-state index < -0.39 is 0 Å². The maximum Gasteiger partial charge on any atom is 0.0541 e. The van der Waals surface area contributed by atoms with Crippen molar-refractivity contribution in [3.8, 4) is 0 Å². The second-order valence-electron chi connectivity index (χ2n) is 4.37. The molecule has 1 saturated carbocycles. The first-order chi connectivity index (χ1) is 7.12. The van der Waals surface area contributed by atoms with Crippen LogP contribution in [0.1, 0.15) is 31.2 Å². The minimum absolute atomic E-state index is 0.191. The van der Waals surface area contributed by atoms with Gasteiger partial charge in [-0.1, -0.05) is 29.8 Å². The van der Waals surface area contributed by atoms with Crippen LogP contribution in [0.4, 0.5) is 0 Å². The van der Waals surface area contributed by atoms with Gasteiger partial charge in [-0.25, -0.2) is 0 Å². The van der Waals surface area contributed by atoms with Gasteiger partial charge in [0.2, 0.25) is 0 Å². The van der Waals surface area contributed by atoms with Crippen molar-refractivity contribution in [2.75, 3.05) is 0 Å². The summed E-state index contributed by atoms with van der Waals surface area (Å²) in [5, 5.41) is 10.2. The van der Waals surface area contributed by atoms with E-state index in [-0.39, 0.29) is 11.6 Å². The van der Waals surface area contributed by atoms with E-state index in [1.165, 1.54) is 0 Å². The minimum atomic E-state index is -0.350. The highest BCUT2D eigenvalue weighted by Crippen LogP contribution is 2.37. The summed E-state index contributed by atoms with van der Waals surface area (Å²) in [6.07, 6.45) is 2.95. The second-order valence-corrected chi connectivity index (χ2v) is 4.77. The average molecular weight is 226 g/mol. The summed E-state index contributed by atoms with van der Waals surface area (Å²) in [4.78, 5) is 0. The van der Waals surface area contributed by atoms with Crippen molar-refractivity contribution < 1.29 is 5.11 Å². The molecule has 0 radical (unpaired) electrons. The molecule has 0 aromatic heterocycles. The number of halogens is 1. The predicted molar refractivity (Wildman–Crippen MR) is 61.8 cm³/mol. The highest BCUT2D eigenvalue weighted by atomic mass is 35.5. The van der Waals surface area contributed by atoms with Crippen molar-refractivity contribution in [3.63, 3.8) is 0 Å². The van der Waals surface area contributed by atoms with Gasteiger partial charge in [0.15, 0.2) is 0 Å². The topological polar surface area (TPSA) is 46.2 Å². The molecule has 1 fully saturated rings. The number of rotatable bonds is 1. The molecule has 0 heterocycles. The third kappa shape index (κ3) is 2.17. The van der Waals surface area contributed by atoms with Gasteiger partial charge < -0.3 is 10.8 Å². The van der Waals surface area contributed by atoms with Crippen LogP contribution in [0.2, 0.25) is 5.02 Å². The molecule has 1 aliphatic rings. The molecular weight excluding hydrogens is 210 g/mol. The van der Waals surface area contributed by atoms with Crippen molar-refractivity contribution in [1.82, 2.24) is 0 Å². The maximum absolute atomic E-state index is 9.47. The monoisotopic (exact) mass is 225 g/mol. The van der Waals surface area contributed by atoms with Crippen molar-refractivity contribution >= 4 is 11.6 Å². The fraction of sp³-hybridized carbons (Fsp3) is 0.500. The quantitative estimate of drug-likeness (QED) is 0.771. The van der Waals surface area contributed by atoms with Crippen LogP contribution in [0.15, 0.2) is 24.3 Å². The van der Waals surface area contributed by atoms with E-state index in [1.807, 2.05) is 24.3 Å². The van der Waals surface area contributed by atoms with Gasteiger partial charge >= 0.3 is 0 Å². The third-order valence-corrected chi connectivity index (χ3v) is 3.59. The second kappa shape index (κ2) is 4.12. The van der Waals surface area contributed by atoms with E-state index >= 15 is 0 Å². The van der Waals surface area contributed by atoms with Gasteiger partial charge in [-0.05, 0) is 37.3 Å². The Labute approximate surface area is 95.1 Å². The Balaban J connectivity index is 2.26. The normalized spacial score (nSPS) is 31.5. The lowest BCUT2D eigenvalue weighted by Gasteiger charge is -2.36. The van der Waals surface area contributed by atoms with Gasteiger partial charge in [-0.2, -0.15) is 0 Å². The fourth-order valence-electron chi connectivity index (χ4n) is 2.25. The molecule has 82 valence electrons. The number of nitrogens with two attached hydrogens (primary N) is 1. The van der Waals surface area contributed by atoms with Crippen molar-refractivity contribution in [2.45, 2.75) is 37.3 Å². The number of hydrogen-bond acceptors (Lipinski definition) is 2. The Morgan fingerprint density at radius 1 is 1.27 bits per heavy atom. The van der Waals surface area contributed by atoms with Crippen LogP contribution in [-0.4, -0.2) is 11.2 Å². The molecule has 0 amide bonds. The Morgan fingerprint density at radius 2 is 1.87 bits per heavy atom. The molecule has 0 spiro atoms. The van der Waals surface area contributed by atoms with Crippen LogP contribution in [0.25, 0.3) is 0 Å². The summed E-state index contributed by atoms with van der Waals surface area (Å²) in [7, 11) is 0. The van der Waals surface area contributed by atoms with E-state index in [0.29, 0.717) is 0 Å². The van der Waals surface area contributed by atoms with E-state index in [4.69, 9.17) is 17.3 Å². The van der Waals surface area contributed by atoms with Gasteiger partial charge in [0.25, 0.3) is 0 Å². The minimum Gasteiger partial charge on any atom is -0.393 e. The molecular formula is C12H16ClNO. The highest BCUT2D eigenvalue weighted by molar-refractivity contribution is 6.31. The summed E-state index contributed by atoms with van der Waals surface area (Å²) in [6, 6.07) is 7.73. The first-order valence-electron chi connectivity index (χ1n) is 5.34. The number of benzene rings is 1. The predicted octanol–water partition coefficient (Wildman–Crippen LogP) is 2.43. The lowest BCUT2D eigenvalue weighted by atomic mass is 9.76. The van der Waals surface area contributed by atoms with Crippen molar-refractivity contribution in [2.24, 2.45) is 5.73 Å². The van der Waals surface area contributed by atoms with Crippen LogP contribution in [0.5, 0.6) is 0 Å². The van der Waals surface area contributed by atoms with Crippen molar-refractivity contribution in [1.29, 1.82) is 0 Å². The third-order valence-electron chi connectivity index (χ3n) is 3.26. The van der Waals surface area contributed by atoms with E-state index in [9.17, 15) is 5.11 Å². The lowest BCUT2D eigenvalue weighted by molar-refractivity contribution is 0.0969. The van der Waals surface area contributed by atoms with E-state index in [1.54, 1.807) is 0 Å². The molecule has 2 rings (SSSR count). The molecule has 3 heteroatoms. The summed E-state index contributed by atoms with van der Waals surface area (Å²) < 4.78 is 0. The first-order valence-corrected chi connectivity index (χ1v) is 5.71. The maximum atomic E-state index is 9.47.